The summed E-state index contributed by atoms with van der Waals surface area (Å²) in [6.07, 6.45) is 0.366. The van der Waals surface area contributed by atoms with E-state index in [4.69, 9.17) is 14.6 Å². The summed E-state index contributed by atoms with van der Waals surface area (Å²) in [5.41, 5.74) is -0.168. The zero-order valence-corrected chi connectivity index (χ0v) is 12.3. The van der Waals surface area contributed by atoms with Crippen LogP contribution in [0.15, 0.2) is 23.1 Å². The molecule has 1 aromatic carbocycles. The predicted molar refractivity (Wildman–Crippen MR) is 73.1 cm³/mol. The Balaban J connectivity index is 2.95. The van der Waals surface area contributed by atoms with Gasteiger partial charge in [0.05, 0.1) is 17.8 Å². The van der Waals surface area contributed by atoms with Crippen LogP contribution in [0.25, 0.3) is 0 Å². The molecule has 20 heavy (non-hydrogen) atoms. The highest BCUT2D eigenvalue weighted by molar-refractivity contribution is 7.91. The highest BCUT2D eigenvalue weighted by atomic mass is 32.2. The fraction of sp³-hybridized carbons (Fsp3) is 0.462. The number of carboxylic acid groups (broad SMARTS) is 1. The lowest BCUT2D eigenvalue weighted by atomic mass is 10.2. The molecular formula is C13H18O6S. The molecule has 7 heteroatoms. The standard InChI is InChI=1S/C13H18O6S/c1-3-19-7-4-8-20(16,17)10-5-6-12(18-2)11(9-10)13(14)15/h5-6,9H,3-4,7-8H2,1-2H3,(H,14,15). The van der Waals surface area contributed by atoms with E-state index in [9.17, 15) is 13.2 Å². The number of carboxylic acids is 1. The number of aromatic carboxylic acids is 1. The van der Waals surface area contributed by atoms with Gasteiger partial charge in [-0.1, -0.05) is 0 Å². The molecule has 0 saturated carbocycles. The van der Waals surface area contributed by atoms with Gasteiger partial charge in [-0.3, -0.25) is 0 Å². The largest absolute Gasteiger partial charge is 0.496 e. The molecule has 6 nitrogen and oxygen atoms in total. The Kier molecular flexibility index (Phi) is 5.97. The molecule has 0 unspecified atom stereocenters. The van der Waals surface area contributed by atoms with Gasteiger partial charge in [0.15, 0.2) is 9.84 Å². The Hall–Kier alpha value is -1.60. The van der Waals surface area contributed by atoms with Crippen molar-refractivity contribution in [2.24, 2.45) is 0 Å². The number of carbonyl (C=O) groups is 1. The lowest BCUT2D eigenvalue weighted by molar-refractivity contribution is 0.0693. The first-order valence-electron chi connectivity index (χ1n) is 6.14. The van der Waals surface area contributed by atoms with Crippen LogP contribution in [0.2, 0.25) is 0 Å². The summed E-state index contributed by atoms with van der Waals surface area (Å²) in [5.74, 6) is -1.18. The van der Waals surface area contributed by atoms with Crippen molar-refractivity contribution in [3.63, 3.8) is 0 Å². The average Bonchev–Trinajstić information content (AvgIpc) is 2.42. The SMILES string of the molecule is CCOCCCS(=O)(=O)c1ccc(OC)c(C(=O)O)c1. The predicted octanol–water partition coefficient (Wildman–Crippen LogP) is 1.59. The smallest absolute Gasteiger partial charge is 0.339 e. The van der Waals surface area contributed by atoms with Gasteiger partial charge in [-0.25, -0.2) is 13.2 Å². The fourth-order valence-corrected chi connectivity index (χ4v) is 2.97. The zero-order chi connectivity index (χ0) is 15.2. The summed E-state index contributed by atoms with van der Waals surface area (Å²) in [7, 11) is -2.19. The van der Waals surface area contributed by atoms with Crippen LogP contribution in [0.4, 0.5) is 0 Å². The van der Waals surface area contributed by atoms with Crippen molar-refractivity contribution in [1.82, 2.24) is 0 Å². The van der Waals surface area contributed by atoms with Gasteiger partial charge in [0.25, 0.3) is 0 Å². The molecule has 112 valence electrons. The summed E-state index contributed by atoms with van der Waals surface area (Å²) in [6.45, 7) is 2.72. The van der Waals surface area contributed by atoms with Crippen molar-refractivity contribution in [1.29, 1.82) is 0 Å². The van der Waals surface area contributed by atoms with Gasteiger partial charge in [0, 0.05) is 13.2 Å². The second kappa shape index (κ2) is 7.25. The van der Waals surface area contributed by atoms with Crippen LogP contribution >= 0.6 is 0 Å². The maximum absolute atomic E-state index is 12.1. The second-order valence-electron chi connectivity index (χ2n) is 4.04. The molecule has 0 saturated heterocycles. The Morgan fingerprint density at radius 1 is 1.35 bits per heavy atom. The third-order valence-electron chi connectivity index (χ3n) is 2.67. The monoisotopic (exact) mass is 302 g/mol. The molecule has 1 aromatic rings. The van der Waals surface area contributed by atoms with E-state index in [0.717, 1.165) is 6.07 Å². The van der Waals surface area contributed by atoms with Gasteiger partial charge in [-0.05, 0) is 31.5 Å². The molecule has 1 rings (SSSR count). The van der Waals surface area contributed by atoms with E-state index in [1.165, 1.54) is 19.2 Å². The fourth-order valence-electron chi connectivity index (χ4n) is 1.66. The number of sulfone groups is 1. The maximum Gasteiger partial charge on any atom is 0.339 e. The molecule has 0 aliphatic carbocycles. The van der Waals surface area contributed by atoms with Gasteiger partial charge >= 0.3 is 5.97 Å². The topological polar surface area (TPSA) is 89.9 Å². The summed E-state index contributed by atoms with van der Waals surface area (Å²) in [4.78, 5) is 11.0. The van der Waals surface area contributed by atoms with E-state index < -0.39 is 15.8 Å². The first-order valence-corrected chi connectivity index (χ1v) is 7.79. The maximum atomic E-state index is 12.1. The molecule has 0 aliphatic rings. The van der Waals surface area contributed by atoms with Gasteiger partial charge in [-0.2, -0.15) is 0 Å². The van der Waals surface area contributed by atoms with Crippen LogP contribution in [0.3, 0.4) is 0 Å². The van der Waals surface area contributed by atoms with Gasteiger partial charge in [-0.15, -0.1) is 0 Å². The molecule has 0 aromatic heterocycles. The Morgan fingerprint density at radius 3 is 2.60 bits per heavy atom. The number of hydrogen-bond acceptors (Lipinski definition) is 5. The number of rotatable bonds is 8. The normalized spacial score (nSPS) is 11.3. The molecule has 0 spiro atoms. The van der Waals surface area contributed by atoms with Gasteiger partial charge in [0.2, 0.25) is 0 Å². The summed E-state index contributed by atoms with van der Waals surface area (Å²) in [5, 5.41) is 9.04. The van der Waals surface area contributed by atoms with E-state index in [0.29, 0.717) is 19.6 Å². The minimum atomic E-state index is -3.52. The third-order valence-corrected chi connectivity index (χ3v) is 4.46. The van der Waals surface area contributed by atoms with E-state index in [1.54, 1.807) is 0 Å². The van der Waals surface area contributed by atoms with Crippen LogP contribution in [0.1, 0.15) is 23.7 Å². The number of hydrogen-bond donors (Lipinski definition) is 1. The molecule has 0 amide bonds. The minimum absolute atomic E-state index is 0.0211. The van der Waals surface area contributed by atoms with Crippen molar-refractivity contribution in [2.75, 3.05) is 26.1 Å². The molecule has 0 radical (unpaired) electrons. The molecule has 0 heterocycles. The van der Waals surface area contributed by atoms with Crippen LogP contribution in [0.5, 0.6) is 5.75 Å². The highest BCUT2D eigenvalue weighted by Crippen LogP contribution is 2.23. The summed E-state index contributed by atoms with van der Waals surface area (Å²) in [6, 6.07) is 3.82. The zero-order valence-electron chi connectivity index (χ0n) is 11.5. The minimum Gasteiger partial charge on any atom is -0.496 e. The Bertz CT molecular complexity index is 564. The molecule has 0 fully saturated rings. The van der Waals surface area contributed by atoms with Crippen LogP contribution in [-0.4, -0.2) is 45.6 Å². The highest BCUT2D eigenvalue weighted by Gasteiger charge is 2.19. The lowest BCUT2D eigenvalue weighted by Gasteiger charge is -2.09. The number of methoxy groups -OCH3 is 1. The first-order chi connectivity index (χ1) is 9.42. The van der Waals surface area contributed by atoms with Gasteiger partial charge < -0.3 is 14.6 Å². The third kappa shape index (κ3) is 4.21. The first kappa shape index (κ1) is 16.5. The Labute approximate surface area is 118 Å². The van der Waals surface area contributed by atoms with E-state index >= 15 is 0 Å². The van der Waals surface area contributed by atoms with Crippen LogP contribution in [-0.2, 0) is 14.6 Å². The van der Waals surface area contributed by atoms with Crippen molar-refractivity contribution in [2.45, 2.75) is 18.2 Å². The number of ether oxygens (including phenoxy) is 2. The van der Waals surface area contributed by atoms with E-state index in [1.807, 2.05) is 6.92 Å². The molecule has 0 bridgehead atoms. The Morgan fingerprint density at radius 2 is 2.05 bits per heavy atom. The van der Waals surface area contributed by atoms with Crippen LogP contribution < -0.4 is 4.74 Å². The van der Waals surface area contributed by atoms with Crippen molar-refractivity contribution < 1.29 is 27.8 Å². The van der Waals surface area contributed by atoms with Crippen molar-refractivity contribution in [3.05, 3.63) is 23.8 Å². The van der Waals surface area contributed by atoms with Crippen LogP contribution in [0, 0.1) is 0 Å². The molecular weight excluding hydrogens is 284 g/mol. The lowest BCUT2D eigenvalue weighted by Crippen LogP contribution is -2.11. The summed E-state index contributed by atoms with van der Waals surface area (Å²) >= 11 is 0. The quantitative estimate of drug-likeness (QED) is 0.733. The summed E-state index contributed by atoms with van der Waals surface area (Å²) < 4.78 is 34.1. The molecule has 1 N–H and O–H groups in total. The van der Waals surface area contributed by atoms with E-state index in [-0.39, 0.29) is 22.0 Å². The number of benzene rings is 1. The van der Waals surface area contributed by atoms with Crippen molar-refractivity contribution in [3.8, 4) is 5.75 Å². The van der Waals surface area contributed by atoms with E-state index in [2.05, 4.69) is 0 Å². The molecule has 0 atom stereocenters. The van der Waals surface area contributed by atoms with Crippen molar-refractivity contribution >= 4 is 15.8 Å². The van der Waals surface area contributed by atoms with Gasteiger partial charge in [0.1, 0.15) is 11.3 Å². The second-order valence-corrected chi connectivity index (χ2v) is 6.15. The molecule has 0 aliphatic heterocycles. The average molecular weight is 302 g/mol.